The Hall–Kier alpha value is -0.710. The molecular formula is C30H48O4. The third kappa shape index (κ3) is 2.97. The fourth-order valence-electron chi connectivity index (χ4n) is 10.0. The van der Waals surface area contributed by atoms with E-state index in [-0.39, 0.29) is 45.4 Å². The van der Waals surface area contributed by atoms with Crippen LogP contribution >= 0.6 is 0 Å². The van der Waals surface area contributed by atoms with Gasteiger partial charge in [-0.25, -0.2) is 0 Å². The van der Waals surface area contributed by atoms with E-state index < -0.39 is 5.60 Å². The number of aliphatic hydroxyl groups excluding tert-OH is 1. The van der Waals surface area contributed by atoms with Gasteiger partial charge < -0.3 is 14.9 Å². The second-order valence-electron chi connectivity index (χ2n) is 14.7. The Labute approximate surface area is 206 Å². The van der Waals surface area contributed by atoms with E-state index in [0.29, 0.717) is 24.0 Å². The molecule has 0 aromatic rings. The molecule has 0 spiro atoms. The van der Waals surface area contributed by atoms with Crippen LogP contribution in [-0.2, 0) is 9.53 Å². The van der Waals surface area contributed by atoms with Crippen LogP contribution in [0.1, 0.15) is 107 Å². The lowest BCUT2D eigenvalue weighted by Gasteiger charge is -2.65. The van der Waals surface area contributed by atoms with Crippen molar-refractivity contribution >= 4 is 5.78 Å². The van der Waals surface area contributed by atoms with Gasteiger partial charge in [0.15, 0.2) is 0 Å². The molecule has 4 aliphatic carbocycles. The van der Waals surface area contributed by atoms with Crippen molar-refractivity contribution in [1.82, 2.24) is 0 Å². The predicted octanol–water partition coefficient (Wildman–Crippen LogP) is 5.84. The van der Waals surface area contributed by atoms with Crippen LogP contribution in [0.5, 0.6) is 0 Å². The van der Waals surface area contributed by atoms with Crippen LogP contribution < -0.4 is 0 Å². The number of carbonyl (C=O) groups is 1. The van der Waals surface area contributed by atoms with Crippen molar-refractivity contribution in [3.63, 3.8) is 0 Å². The Morgan fingerprint density at radius 3 is 2.24 bits per heavy atom. The van der Waals surface area contributed by atoms with Gasteiger partial charge in [-0.05, 0) is 94.3 Å². The number of fused-ring (bicyclic) bond motifs is 5. The SMILES string of the molecule is CC1(C)C2=CC[C@@H]3[C@@](C)(C(=O)C[C@]4(C)[C@@H]([C@]5(C)CC[C@@H](C(C)(C)O)O5)CC[C@@]34C)[C@@H]2CCC1O. The lowest BCUT2D eigenvalue weighted by atomic mass is 9.38. The number of carbonyl (C=O) groups excluding carboxylic acids is 1. The summed E-state index contributed by atoms with van der Waals surface area (Å²) < 4.78 is 6.68. The highest BCUT2D eigenvalue weighted by Gasteiger charge is 2.72. The van der Waals surface area contributed by atoms with Gasteiger partial charge in [0.2, 0.25) is 0 Å². The van der Waals surface area contributed by atoms with Crippen molar-refractivity contribution in [3.05, 3.63) is 11.6 Å². The van der Waals surface area contributed by atoms with E-state index in [4.69, 9.17) is 4.74 Å². The molecule has 0 radical (unpaired) electrons. The summed E-state index contributed by atoms with van der Waals surface area (Å²) in [4.78, 5) is 14.3. The Bertz CT molecular complexity index is 913. The van der Waals surface area contributed by atoms with E-state index in [1.165, 1.54) is 5.57 Å². The second kappa shape index (κ2) is 7.19. The molecule has 0 aromatic heterocycles. The first kappa shape index (κ1) is 25.0. The molecule has 0 amide bonds. The first-order valence-electron chi connectivity index (χ1n) is 13.8. The summed E-state index contributed by atoms with van der Waals surface area (Å²) in [6.45, 7) is 17.5. The molecule has 3 saturated carbocycles. The van der Waals surface area contributed by atoms with E-state index in [2.05, 4.69) is 47.6 Å². The van der Waals surface area contributed by atoms with Gasteiger partial charge in [0.1, 0.15) is 5.78 Å². The minimum atomic E-state index is -0.843. The van der Waals surface area contributed by atoms with E-state index in [1.807, 2.05) is 13.8 Å². The monoisotopic (exact) mass is 472 g/mol. The molecule has 9 atom stereocenters. The van der Waals surface area contributed by atoms with Crippen molar-refractivity contribution in [1.29, 1.82) is 0 Å². The summed E-state index contributed by atoms with van der Waals surface area (Å²) in [6, 6.07) is 0. The molecule has 1 saturated heterocycles. The van der Waals surface area contributed by atoms with Gasteiger partial charge >= 0.3 is 0 Å². The zero-order valence-corrected chi connectivity index (χ0v) is 22.8. The first-order chi connectivity index (χ1) is 15.5. The number of aliphatic hydroxyl groups is 2. The largest absolute Gasteiger partial charge is 0.392 e. The zero-order chi connectivity index (χ0) is 25.1. The van der Waals surface area contributed by atoms with Crippen LogP contribution in [0.25, 0.3) is 0 Å². The highest BCUT2D eigenvalue weighted by Crippen LogP contribution is 2.75. The minimum absolute atomic E-state index is 0.0712. The number of Topliss-reactive ketones (excluding diaryl/α,β-unsaturated/α-hetero) is 1. The summed E-state index contributed by atoms with van der Waals surface area (Å²) in [7, 11) is 0. The number of hydrogen-bond donors (Lipinski definition) is 2. The van der Waals surface area contributed by atoms with Crippen LogP contribution in [0.4, 0.5) is 0 Å². The molecule has 4 nitrogen and oxygen atoms in total. The lowest BCUT2D eigenvalue weighted by molar-refractivity contribution is -0.190. The maximum atomic E-state index is 14.3. The molecule has 5 aliphatic rings. The molecule has 5 rings (SSSR count). The van der Waals surface area contributed by atoms with Crippen LogP contribution in [0.2, 0.25) is 0 Å². The number of ketones is 1. The van der Waals surface area contributed by atoms with Crippen molar-refractivity contribution in [3.8, 4) is 0 Å². The fraction of sp³-hybridized carbons (Fsp3) is 0.900. The maximum absolute atomic E-state index is 14.3. The molecule has 0 bridgehead atoms. The molecule has 1 heterocycles. The molecule has 0 aromatic carbocycles. The Balaban J connectivity index is 1.53. The van der Waals surface area contributed by atoms with Crippen LogP contribution in [0, 0.1) is 39.4 Å². The third-order valence-electron chi connectivity index (χ3n) is 12.5. The molecule has 4 heteroatoms. The highest BCUT2D eigenvalue weighted by atomic mass is 16.5. The average Bonchev–Trinajstić information content (AvgIpc) is 3.24. The first-order valence-corrected chi connectivity index (χ1v) is 13.8. The van der Waals surface area contributed by atoms with Crippen LogP contribution in [0.3, 0.4) is 0 Å². The summed E-state index contributed by atoms with van der Waals surface area (Å²) in [5.74, 6) is 1.33. The van der Waals surface area contributed by atoms with Gasteiger partial charge in [-0.15, -0.1) is 0 Å². The number of allylic oxidation sites excluding steroid dienone is 1. The molecule has 1 unspecified atom stereocenters. The number of ether oxygens (including phenoxy) is 1. The maximum Gasteiger partial charge on any atom is 0.140 e. The molecule has 2 N–H and O–H groups in total. The normalized spacial score (nSPS) is 52.6. The van der Waals surface area contributed by atoms with Gasteiger partial charge in [0, 0.05) is 17.3 Å². The summed E-state index contributed by atoms with van der Waals surface area (Å²) in [5.41, 5.74) is -0.443. The molecule has 4 fully saturated rings. The molecule has 34 heavy (non-hydrogen) atoms. The van der Waals surface area contributed by atoms with Gasteiger partial charge in [-0.2, -0.15) is 0 Å². The van der Waals surface area contributed by atoms with E-state index in [1.54, 1.807) is 0 Å². The standard InChI is InChI=1S/C30H48O4/c1-25(2)18-9-11-21-27(5)15-13-20(29(7)16-14-24(34-29)26(3,4)33)28(27,6)17-23(32)30(21,8)19(18)10-12-22(25)31/h9,19-22,24,31,33H,10-17H2,1-8H3/t19-,20+,21+,22?,24+,27+,28-,29+,30+/m1/s1. The third-order valence-corrected chi connectivity index (χ3v) is 12.5. The van der Waals surface area contributed by atoms with Crippen molar-refractivity contribution in [2.24, 2.45) is 39.4 Å². The minimum Gasteiger partial charge on any atom is -0.392 e. The Morgan fingerprint density at radius 1 is 0.941 bits per heavy atom. The van der Waals surface area contributed by atoms with E-state index in [9.17, 15) is 15.0 Å². The molecular weight excluding hydrogens is 424 g/mol. The average molecular weight is 473 g/mol. The topological polar surface area (TPSA) is 66.8 Å². The van der Waals surface area contributed by atoms with Gasteiger partial charge in [0.05, 0.1) is 23.4 Å². The van der Waals surface area contributed by atoms with E-state index in [0.717, 1.165) is 44.9 Å². The van der Waals surface area contributed by atoms with Crippen molar-refractivity contribution in [2.75, 3.05) is 0 Å². The number of rotatable bonds is 2. The number of hydrogen-bond acceptors (Lipinski definition) is 4. The second-order valence-corrected chi connectivity index (χ2v) is 14.7. The Morgan fingerprint density at radius 2 is 1.62 bits per heavy atom. The highest BCUT2D eigenvalue weighted by molar-refractivity contribution is 5.88. The van der Waals surface area contributed by atoms with Gasteiger partial charge in [-0.3, -0.25) is 4.79 Å². The van der Waals surface area contributed by atoms with Crippen LogP contribution in [-0.4, -0.2) is 39.4 Å². The summed E-state index contributed by atoms with van der Waals surface area (Å²) >= 11 is 0. The molecule has 192 valence electrons. The van der Waals surface area contributed by atoms with Gasteiger partial charge in [-0.1, -0.05) is 46.3 Å². The van der Waals surface area contributed by atoms with Crippen molar-refractivity contribution < 1.29 is 19.7 Å². The summed E-state index contributed by atoms with van der Waals surface area (Å²) in [5, 5.41) is 21.4. The predicted molar refractivity (Wildman–Crippen MR) is 134 cm³/mol. The molecule has 1 aliphatic heterocycles. The lowest BCUT2D eigenvalue weighted by Crippen LogP contribution is -2.64. The van der Waals surface area contributed by atoms with E-state index >= 15 is 0 Å². The summed E-state index contributed by atoms with van der Waals surface area (Å²) in [6.07, 6.45) is 9.27. The van der Waals surface area contributed by atoms with Gasteiger partial charge in [0.25, 0.3) is 0 Å². The Kier molecular flexibility index (Phi) is 5.28. The fourth-order valence-corrected chi connectivity index (χ4v) is 10.0. The smallest absolute Gasteiger partial charge is 0.140 e. The van der Waals surface area contributed by atoms with Crippen LogP contribution in [0.15, 0.2) is 11.6 Å². The van der Waals surface area contributed by atoms with Crippen molar-refractivity contribution in [2.45, 2.75) is 130 Å². The quantitative estimate of drug-likeness (QED) is 0.496. The zero-order valence-electron chi connectivity index (χ0n) is 22.8.